The highest BCUT2D eigenvalue weighted by Crippen LogP contribution is 2.14. The molecule has 0 aliphatic carbocycles. The molecule has 0 aromatic heterocycles. The second-order valence-corrected chi connectivity index (χ2v) is 4.77. The Morgan fingerprint density at radius 2 is 2.31 bits per heavy atom. The standard InChI is InChI=1S/C12H25N3O/c1-13-8-4-7-12(16)15(3)11-6-5-9-14(2)10-11/h11,13H,4-10H2,1-3H3. The van der Waals surface area contributed by atoms with Crippen molar-refractivity contribution in [2.75, 3.05) is 40.8 Å². The molecule has 0 saturated carbocycles. The fourth-order valence-electron chi connectivity index (χ4n) is 2.25. The second-order valence-electron chi connectivity index (χ2n) is 4.77. The van der Waals surface area contributed by atoms with Gasteiger partial charge >= 0.3 is 0 Å². The maximum atomic E-state index is 11.9. The molecule has 1 heterocycles. The van der Waals surface area contributed by atoms with Crippen LogP contribution in [0, 0.1) is 0 Å². The largest absolute Gasteiger partial charge is 0.341 e. The Kier molecular flexibility index (Phi) is 5.77. The van der Waals surface area contributed by atoms with Gasteiger partial charge in [-0.15, -0.1) is 0 Å². The van der Waals surface area contributed by atoms with Gasteiger partial charge in [0.25, 0.3) is 0 Å². The second kappa shape index (κ2) is 6.86. The quantitative estimate of drug-likeness (QED) is 0.696. The fourth-order valence-corrected chi connectivity index (χ4v) is 2.25. The van der Waals surface area contributed by atoms with Crippen molar-refractivity contribution in [2.45, 2.75) is 31.7 Å². The molecule has 4 heteroatoms. The van der Waals surface area contributed by atoms with Crippen molar-refractivity contribution in [3.05, 3.63) is 0 Å². The Morgan fingerprint density at radius 3 is 2.94 bits per heavy atom. The maximum absolute atomic E-state index is 11.9. The average Bonchev–Trinajstić information content (AvgIpc) is 2.28. The van der Waals surface area contributed by atoms with E-state index in [-0.39, 0.29) is 5.91 Å². The van der Waals surface area contributed by atoms with Gasteiger partial charge in [0.05, 0.1) is 0 Å². The Morgan fingerprint density at radius 1 is 1.56 bits per heavy atom. The van der Waals surface area contributed by atoms with Crippen LogP contribution in [0.4, 0.5) is 0 Å². The van der Waals surface area contributed by atoms with E-state index in [1.54, 1.807) is 0 Å². The summed E-state index contributed by atoms with van der Waals surface area (Å²) >= 11 is 0. The Hall–Kier alpha value is -0.610. The lowest BCUT2D eigenvalue weighted by Gasteiger charge is -2.35. The molecule has 1 aliphatic heterocycles. The van der Waals surface area contributed by atoms with Crippen LogP contribution < -0.4 is 5.32 Å². The zero-order valence-corrected chi connectivity index (χ0v) is 10.8. The van der Waals surface area contributed by atoms with Crippen molar-refractivity contribution < 1.29 is 4.79 Å². The summed E-state index contributed by atoms with van der Waals surface area (Å²) in [6.07, 6.45) is 3.95. The van der Waals surface area contributed by atoms with Crippen LogP contribution in [-0.2, 0) is 4.79 Å². The van der Waals surface area contributed by atoms with E-state index in [0.29, 0.717) is 12.5 Å². The minimum absolute atomic E-state index is 0.288. The lowest BCUT2D eigenvalue weighted by molar-refractivity contribution is -0.133. The van der Waals surface area contributed by atoms with Crippen LogP contribution in [0.5, 0.6) is 0 Å². The minimum atomic E-state index is 0.288. The zero-order chi connectivity index (χ0) is 12.0. The summed E-state index contributed by atoms with van der Waals surface area (Å²) in [7, 11) is 6.00. The number of nitrogens with zero attached hydrogens (tertiary/aromatic N) is 2. The molecule has 16 heavy (non-hydrogen) atoms. The highest BCUT2D eigenvalue weighted by molar-refractivity contribution is 5.76. The summed E-state index contributed by atoms with van der Waals surface area (Å²) in [5.74, 6) is 0.288. The van der Waals surface area contributed by atoms with Crippen molar-refractivity contribution >= 4 is 5.91 Å². The predicted molar refractivity (Wildman–Crippen MR) is 66.4 cm³/mol. The molecule has 0 spiro atoms. The highest BCUT2D eigenvalue weighted by atomic mass is 16.2. The van der Waals surface area contributed by atoms with E-state index in [4.69, 9.17) is 0 Å². The van der Waals surface area contributed by atoms with Crippen LogP contribution in [0.2, 0.25) is 0 Å². The molecular weight excluding hydrogens is 202 g/mol. The van der Waals surface area contributed by atoms with E-state index >= 15 is 0 Å². The zero-order valence-electron chi connectivity index (χ0n) is 10.8. The van der Waals surface area contributed by atoms with E-state index in [0.717, 1.165) is 32.5 Å². The van der Waals surface area contributed by atoms with Crippen molar-refractivity contribution in [1.29, 1.82) is 0 Å². The Labute approximate surface area is 99.0 Å². The summed E-state index contributed by atoms with van der Waals surface area (Å²) in [5.41, 5.74) is 0. The van der Waals surface area contributed by atoms with Gasteiger partial charge in [-0.2, -0.15) is 0 Å². The van der Waals surface area contributed by atoms with Crippen molar-refractivity contribution in [2.24, 2.45) is 0 Å². The number of likely N-dealkylation sites (N-methyl/N-ethyl adjacent to an activating group) is 2. The lowest BCUT2D eigenvalue weighted by atomic mass is 10.0. The molecule has 1 amide bonds. The number of likely N-dealkylation sites (tertiary alicyclic amines) is 1. The van der Waals surface area contributed by atoms with Gasteiger partial charge in [-0.05, 0) is 46.4 Å². The number of rotatable bonds is 5. The van der Waals surface area contributed by atoms with Crippen LogP contribution in [0.1, 0.15) is 25.7 Å². The molecular formula is C12H25N3O. The van der Waals surface area contributed by atoms with Gasteiger partial charge in [0.15, 0.2) is 0 Å². The van der Waals surface area contributed by atoms with E-state index in [2.05, 4.69) is 17.3 Å². The first-order valence-electron chi connectivity index (χ1n) is 6.24. The van der Waals surface area contributed by atoms with Crippen LogP contribution in [-0.4, -0.2) is 62.5 Å². The van der Waals surface area contributed by atoms with Gasteiger partial charge in [-0.25, -0.2) is 0 Å². The molecule has 94 valence electrons. The molecule has 0 bridgehead atoms. The summed E-state index contributed by atoms with van der Waals surface area (Å²) in [4.78, 5) is 16.2. The molecule has 1 fully saturated rings. The third-order valence-electron chi connectivity index (χ3n) is 3.36. The monoisotopic (exact) mass is 227 g/mol. The number of carbonyl (C=O) groups is 1. The van der Waals surface area contributed by atoms with Gasteiger partial charge in [0.2, 0.25) is 5.91 Å². The maximum Gasteiger partial charge on any atom is 0.222 e. The van der Waals surface area contributed by atoms with Crippen molar-refractivity contribution in [3.63, 3.8) is 0 Å². The van der Waals surface area contributed by atoms with Crippen LogP contribution in [0.3, 0.4) is 0 Å². The lowest BCUT2D eigenvalue weighted by Crippen LogP contribution is -2.47. The van der Waals surface area contributed by atoms with Crippen LogP contribution in [0.15, 0.2) is 0 Å². The number of hydrogen-bond donors (Lipinski definition) is 1. The molecule has 0 aromatic carbocycles. The SMILES string of the molecule is CNCCCC(=O)N(C)C1CCCN(C)C1. The normalized spacial score (nSPS) is 22.1. The van der Waals surface area contributed by atoms with Gasteiger partial charge in [0, 0.05) is 26.1 Å². The van der Waals surface area contributed by atoms with Gasteiger partial charge < -0.3 is 15.1 Å². The first-order valence-corrected chi connectivity index (χ1v) is 6.24. The molecule has 4 nitrogen and oxygen atoms in total. The number of piperidine rings is 1. The summed E-state index contributed by atoms with van der Waals surface area (Å²) in [6.45, 7) is 3.11. The van der Waals surface area contributed by atoms with Gasteiger partial charge in [0.1, 0.15) is 0 Å². The third kappa shape index (κ3) is 4.10. The summed E-state index contributed by atoms with van der Waals surface area (Å²) in [5, 5.41) is 3.07. The highest BCUT2D eigenvalue weighted by Gasteiger charge is 2.23. The molecule has 1 rings (SSSR count). The van der Waals surface area contributed by atoms with Gasteiger partial charge in [-0.1, -0.05) is 0 Å². The molecule has 1 atom stereocenters. The van der Waals surface area contributed by atoms with E-state index < -0.39 is 0 Å². The number of hydrogen-bond acceptors (Lipinski definition) is 3. The molecule has 1 unspecified atom stereocenters. The van der Waals surface area contributed by atoms with Gasteiger partial charge in [-0.3, -0.25) is 4.79 Å². The predicted octanol–water partition coefficient (Wildman–Crippen LogP) is 0.539. The fraction of sp³-hybridized carbons (Fsp3) is 0.917. The number of carbonyl (C=O) groups excluding carboxylic acids is 1. The van der Waals surface area contributed by atoms with E-state index in [1.807, 2.05) is 19.0 Å². The summed E-state index contributed by atoms with van der Waals surface area (Å²) < 4.78 is 0. The average molecular weight is 227 g/mol. The Balaban J connectivity index is 2.31. The summed E-state index contributed by atoms with van der Waals surface area (Å²) in [6, 6.07) is 0.417. The third-order valence-corrected chi connectivity index (χ3v) is 3.36. The number of amides is 1. The first kappa shape index (κ1) is 13.5. The molecule has 1 saturated heterocycles. The van der Waals surface area contributed by atoms with Crippen molar-refractivity contribution in [1.82, 2.24) is 15.1 Å². The molecule has 1 N–H and O–H groups in total. The van der Waals surface area contributed by atoms with E-state index in [1.165, 1.54) is 6.42 Å². The number of nitrogens with one attached hydrogen (secondary N) is 1. The molecule has 0 aromatic rings. The Bertz CT molecular complexity index is 220. The molecule has 1 aliphatic rings. The molecule has 0 radical (unpaired) electrons. The minimum Gasteiger partial charge on any atom is -0.341 e. The van der Waals surface area contributed by atoms with Crippen LogP contribution in [0.25, 0.3) is 0 Å². The smallest absolute Gasteiger partial charge is 0.222 e. The van der Waals surface area contributed by atoms with Crippen molar-refractivity contribution in [3.8, 4) is 0 Å². The topological polar surface area (TPSA) is 35.6 Å². The van der Waals surface area contributed by atoms with E-state index in [9.17, 15) is 4.79 Å². The van der Waals surface area contributed by atoms with Crippen LogP contribution >= 0.6 is 0 Å². The first-order chi connectivity index (χ1) is 7.65.